The van der Waals surface area contributed by atoms with Crippen LogP contribution in [0.2, 0.25) is 0 Å². The smallest absolute Gasteiger partial charge is 0.382 e. The van der Waals surface area contributed by atoms with Gasteiger partial charge in [0, 0.05) is 8.95 Å². The van der Waals surface area contributed by atoms with Crippen molar-refractivity contribution in [1.29, 1.82) is 0 Å². The highest BCUT2D eigenvalue weighted by atomic mass is 79.9. The second-order valence-electron chi connectivity index (χ2n) is 3.22. The Morgan fingerprint density at radius 2 is 1.56 bits per heavy atom. The van der Waals surface area contributed by atoms with Crippen LogP contribution < -0.4 is 5.73 Å². The van der Waals surface area contributed by atoms with Gasteiger partial charge in [-0.2, -0.15) is 13.2 Å². The summed E-state index contributed by atoms with van der Waals surface area (Å²) in [6, 6.07) is 3.03. The lowest BCUT2D eigenvalue weighted by Gasteiger charge is -2.22. The second kappa shape index (κ2) is 5.03. The van der Waals surface area contributed by atoms with E-state index in [0.717, 1.165) is 0 Å². The van der Waals surface area contributed by atoms with Crippen molar-refractivity contribution in [3.8, 4) is 0 Å². The van der Waals surface area contributed by atoms with Crippen LogP contribution in [0.1, 0.15) is 11.6 Å². The number of halogens is 5. The normalized spacial score (nSPS) is 15.9. The molecule has 1 aromatic carbocycles. The van der Waals surface area contributed by atoms with E-state index in [-0.39, 0.29) is 5.56 Å². The van der Waals surface area contributed by atoms with E-state index in [2.05, 4.69) is 31.9 Å². The Morgan fingerprint density at radius 3 is 1.94 bits per heavy atom. The van der Waals surface area contributed by atoms with Gasteiger partial charge in [0.2, 0.25) is 0 Å². The summed E-state index contributed by atoms with van der Waals surface area (Å²) in [5.41, 5.74) is 5.55. The minimum Gasteiger partial charge on any atom is -0.382 e. The molecule has 2 atom stereocenters. The highest BCUT2D eigenvalue weighted by Crippen LogP contribution is 2.31. The average Bonchev–Trinajstić information content (AvgIpc) is 2.12. The summed E-state index contributed by atoms with van der Waals surface area (Å²) in [5.74, 6) is 0. The zero-order valence-corrected chi connectivity index (χ0v) is 11.0. The molecule has 3 N–H and O–H groups in total. The lowest BCUT2D eigenvalue weighted by Crippen LogP contribution is -2.38. The summed E-state index contributed by atoms with van der Waals surface area (Å²) in [6.45, 7) is 0. The molecule has 0 heterocycles. The van der Waals surface area contributed by atoms with Gasteiger partial charge >= 0.3 is 6.18 Å². The zero-order chi connectivity index (χ0) is 12.5. The summed E-state index contributed by atoms with van der Waals surface area (Å²) in [4.78, 5) is 0. The number of benzene rings is 1. The van der Waals surface area contributed by atoms with Crippen molar-refractivity contribution >= 4 is 31.9 Å². The third-order valence-electron chi connectivity index (χ3n) is 1.95. The fraction of sp³-hybridized carbons (Fsp3) is 0.333. The van der Waals surface area contributed by atoms with Gasteiger partial charge in [0.05, 0.1) is 6.04 Å². The molecular weight excluding hydrogens is 355 g/mol. The van der Waals surface area contributed by atoms with Crippen molar-refractivity contribution in [2.75, 3.05) is 0 Å². The molecule has 0 saturated carbocycles. The molecule has 0 aliphatic carbocycles. The van der Waals surface area contributed by atoms with Gasteiger partial charge in [-0.1, -0.05) is 31.9 Å². The molecule has 16 heavy (non-hydrogen) atoms. The number of hydrogen-bond donors (Lipinski definition) is 2. The number of hydrogen-bond acceptors (Lipinski definition) is 2. The Kier molecular flexibility index (Phi) is 4.39. The van der Waals surface area contributed by atoms with E-state index in [4.69, 9.17) is 10.8 Å². The quantitative estimate of drug-likeness (QED) is 0.849. The molecule has 0 fully saturated rings. The van der Waals surface area contributed by atoms with Crippen LogP contribution in [-0.4, -0.2) is 17.4 Å². The summed E-state index contributed by atoms with van der Waals surface area (Å²) >= 11 is 6.26. The molecule has 0 spiro atoms. The van der Waals surface area contributed by atoms with Crippen LogP contribution in [0.25, 0.3) is 0 Å². The molecule has 0 saturated heterocycles. The highest BCUT2D eigenvalue weighted by Gasteiger charge is 2.42. The van der Waals surface area contributed by atoms with Crippen molar-refractivity contribution in [1.82, 2.24) is 0 Å². The zero-order valence-electron chi connectivity index (χ0n) is 7.80. The van der Waals surface area contributed by atoms with E-state index in [1.807, 2.05) is 0 Å². The van der Waals surface area contributed by atoms with Gasteiger partial charge in [0.15, 0.2) is 6.10 Å². The molecule has 7 heteroatoms. The Labute approximate surface area is 107 Å². The van der Waals surface area contributed by atoms with Crippen LogP contribution in [0, 0.1) is 0 Å². The minimum atomic E-state index is -4.73. The molecule has 0 aliphatic heterocycles. The van der Waals surface area contributed by atoms with E-state index >= 15 is 0 Å². The van der Waals surface area contributed by atoms with Gasteiger partial charge < -0.3 is 10.8 Å². The molecule has 2 nitrogen and oxygen atoms in total. The number of rotatable bonds is 2. The van der Waals surface area contributed by atoms with Crippen molar-refractivity contribution in [2.24, 2.45) is 5.73 Å². The van der Waals surface area contributed by atoms with Crippen LogP contribution in [-0.2, 0) is 0 Å². The van der Waals surface area contributed by atoms with Gasteiger partial charge in [-0.05, 0) is 23.8 Å². The van der Waals surface area contributed by atoms with Crippen LogP contribution in [0.15, 0.2) is 27.1 Å². The predicted molar refractivity (Wildman–Crippen MR) is 60.8 cm³/mol. The molecule has 0 bridgehead atoms. The Hall–Kier alpha value is -0.110. The van der Waals surface area contributed by atoms with Gasteiger partial charge in [-0.15, -0.1) is 0 Å². The fourth-order valence-electron chi connectivity index (χ4n) is 1.15. The third kappa shape index (κ3) is 3.44. The maximum atomic E-state index is 12.2. The number of aliphatic hydroxyl groups excluding tert-OH is 1. The van der Waals surface area contributed by atoms with Crippen LogP contribution in [0.4, 0.5) is 13.2 Å². The summed E-state index contributed by atoms with van der Waals surface area (Å²) in [5, 5.41) is 9.01. The average molecular weight is 363 g/mol. The minimum absolute atomic E-state index is 0.200. The van der Waals surface area contributed by atoms with Crippen molar-refractivity contribution in [3.05, 3.63) is 32.7 Å². The molecule has 0 unspecified atom stereocenters. The molecule has 1 aromatic rings. The first-order chi connectivity index (χ1) is 7.21. The first-order valence-corrected chi connectivity index (χ1v) is 5.77. The Bertz CT molecular complexity index is 363. The van der Waals surface area contributed by atoms with Crippen molar-refractivity contribution < 1.29 is 18.3 Å². The maximum absolute atomic E-state index is 12.2. The predicted octanol–water partition coefficient (Wildman–Crippen LogP) is 3.13. The molecule has 0 amide bonds. The summed E-state index contributed by atoms with van der Waals surface area (Å²) in [6.07, 6.45) is -7.30. The van der Waals surface area contributed by atoms with Gasteiger partial charge in [0.25, 0.3) is 0 Å². The maximum Gasteiger partial charge on any atom is 0.416 e. The van der Waals surface area contributed by atoms with E-state index in [9.17, 15) is 13.2 Å². The number of nitrogens with two attached hydrogens (primary N) is 1. The van der Waals surface area contributed by atoms with Gasteiger partial charge in [0.1, 0.15) is 0 Å². The molecule has 0 aliphatic rings. The lowest BCUT2D eigenvalue weighted by atomic mass is 10.0. The topological polar surface area (TPSA) is 46.2 Å². The SMILES string of the molecule is N[C@H](c1cc(Br)cc(Br)c1)[C@@H](O)C(F)(F)F. The first kappa shape index (κ1) is 14.0. The van der Waals surface area contributed by atoms with E-state index in [0.29, 0.717) is 8.95 Å². The fourth-order valence-corrected chi connectivity index (χ4v) is 2.48. The van der Waals surface area contributed by atoms with Gasteiger partial charge in [-0.25, -0.2) is 0 Å². The van der Waals surface area contributed by atoms with E-state index in [1.165, 1.54) is 12.1 Å². The van der Waals surface area contributed by atoms with Crippen LogP contribution in [0.3, 0.4) is 0 Å². The van der Waals surface area contributed by atoms with Crippen molar-refractivity contribution in [3.63, 3.8) is 0 Å². The summed E-state index contributed by atoms with van der Waals surface area (Å²) < 4.78 is 37.9. The first-order valence-electron chi connectivity index (χ1n) is 4.18. The molecule has 1 rings (SSSR count). The van der Waals surface area contributed by atoms with Crippen LogP contribution >= 0.6 is 31.9 Å². The molecular formula is C9H8Br2F3NO. The highest BCUT2D eigenvalue weighted by molar-refractivity contribution is 9.11. The van der Waals surface area contributed by atoms with E-state index < -0.39 is 18.3 Å². The lowest BCUT2D eigenvalue weighted by molar-refractivity contribution is -0.210. The second-order valence-corrected chi connectivity index (χ2v) is 5.05. The monoisotopic (exact) mass is 361 g/mol. The Balaban J connectivity index is 3.00. The third-order valence-corrected chi connectivity index (χ3v) is 2.86. The van der Waals surface area contributed by atoms with Crippen molar-refractivity contribution in [2.45, 2.75) is 18.3 Å². The summed E-state index contributed by atoms with van der Waals surface area (Å²) in [7, 11) is 0. The number of alkyl halides is 3. The largest absolute Gasteiger partial charge is 0.416 e. The number of aliphatic hydroxyl groups is 1. The standard InChI is InChI=1S/C9H8Br2F3NO/c10-5-1-4(2-6(11)3-5)7(15)8(16)9(12,13)14/h1-3,7-8,16H,15H2/t7-,8-/m1/s1. The van der Waals surface area contributed by atoms with E-state index in [1.54, 1.807) is 6.07 Å². The Morgan fingerprint density at radius 1 is 1.12 bits per heavy atom. The molecule has 90 valence electrons. The van der Waals surface area contributed by atoms with Crippen LogP contribution in [0.5, 0.6) is 0 Å². The molecule has 0 radical (unpaired) electrons. The molecule has 0 aromatic heterocycles. The van der Waals surface area contributed by atoms with Gasteiger partial charge in [-0.3, -0.25) is 0 Å².